The van der Waals surface area contributed by atoms with Gasteiger partial charge in [-0.2, -0.15) is 0 Å². The van der Waals surface area contributed by atoms with Crippen LogP contribution in [0.1, 0.15) is 36.5 Å². The van der Waals surface area contributed by atoms with Crippen molar-refractivity contribution in [3.8, 4) is 11.4 Å². The summed E-state index contributed by atoms with van der Waals surface area (Å²) in [6.07, 6.45) is 0.716. The molecule has 7 heteroatoms. The van der Waals surface area contributed by atoms with Crippen molar-refractivity contribution in [3.63, 3.8) is 0 Å². The van der Waals surface area contributed by atoms with E-state index in [0.29, 0.717) is 12.0 Å². The molecule has 27 heavy (non-hydrogen) atoms. The normalized spacial score (nSPS) is 11.3. The molecule has 0 bridgehead atoms. The van der Waals surface area contributed by atoms with Crippen LogP contribution in [0.2, 0.25) is 0 Å². The zero-order valence-corrected chi connectivity index (χ0v) is 17.2. The van der Waals surface area contributed by atoms with Gasteiger partial charge in [-0.15, -0.1) is 22.7 Å². The van der Waals surface area contributed by atoms with Crippen molar-refractivity contribution in [2.75, 3.05) is 7.11 Å². The van der Waals surface area contributed by atoms with Gasteiger partial charge in [0.25, 0.3) is 0 Å². The third-order valence-electron chi connectivity index (χ3n) is 4.55. The van der Waals surface area contributed by atoms with E-state index in [1.807, 2.05) is 32.0 Å². The fourth-order valence-corrected chi connectivity index (χ4v) is 5.29. The number of hydrogen-bond acceptors (Lipinski definition) is 6. The number of aromatic amines is 1. The largest absolute Gasteiger partial charge is 0.465 e. The van der Waals surface area contributed by atoms with Gasteiger partial charge in [0.1, 0.15) is 15.7 Å². The molecule has 1 N–H and O–H groups in total. The van der Waals surface area contributed by atoms with Gasteiger partial charge in [0.2, 0.25) is 0 Å². The van der Waals surface area contributed by atoms with Gasteiger partial charge >= 0.3 is 5.97 Å². The fourth-order valence-electron chi connectivity index (χ4n) is 3.28. The molecule has 0 aliphatic rings. The van der Waals surface area contributed by atoms with Crippen molar-refractivity contribution in [3.05, 3.63) is 56.0 Å². The second-order valence-electron chi connectivity index (χ2n) is 6.38. The van der Waals surface area contributed by atoms with Crippen LogP contribution in [0.4, 0.5) is 0 Å². The van der Waals surface area contributed by atoms with Gasteiger partial charge in [0, 0.05) is 10.6 Å². The Morgan fingerprint density at radius 2 is 1.85 bits per heavy atom. The van der Waals surface area contributed by atoms with Crippen LogP contribution in [0.5, 0.6) is 0 Å². The Kier molecular flexibility index (Phi) is 4.57. The molecule has 0 spiro atoms. The van der Waals surface area contributed by atoms with Gasteiger partial charge in [0.15, 0.2) is 0 Å². The zero-order valence-electron chi connectivity index (χ0n) is 15.5. The molecule has 0 fully saturated rings. The summed E-state index contributed by atoms with van der Waals surface area (Å²) >= 11 is 3.38. The molecule has 0 atom stereocenters. The number of fused-ring (bicyclic) bond motifs is 1. The van der Waals surface area contributed by atoms with E-state index in [0.717, 1.165) is 43.1 Å². The number of thiazole rings is 2. The number of H-pyrrole nitrogens is 1. The van der Waals surface area contributed by atoms with Crippen LogP contribution in [0, 0.1) is 20.8 Å². The van der Waals surface area contributed by atoms with Crippen LogP contribution in [0.3, 0.4) is 0 Å². The lowest BCUT2D eigenvalue weighted by Gasteiger charge is -2.00. The maximum Gasteiger partial charge on any atom is 0.339 e. The highest BCUT2D eigenvalue weighted by atomic mass is 32.1. The molecule has 0 aliphatic heterocycles. The van der Waals surface area contributed by atoms with Crippen molar-refractivity contribution in [2.24, 2.45) is 0 Å². The van der Waals surface area contributed by atoms with E-state index in [2.05, 4.69) is 18.0 Å². The first-order valence-electron chi connectivity index (χ1n) is 8.56. The first-order chi connectivity index (χ1) is 13.0. The summed E-state index contributed by atoms with van der Waals surface area (Å²) in [6.45, 7) is 5.87. The minimum Gasteiger partial charge on any atom is -0.465 e. The van der Waals surface area contributed by atoms with Crippen molar-refractivity contribution in [1.82, 2.24) is 15.0 Å². The Morgan fingerprint density at radius 1 is 1.11 bits per heavy atom. The molecule has 0 unspecified atom stereocenters. The third-order valence-corrected chi connectivity index (χ3v) is 6.55. The SMILES string of the molecule is COC(=O)c1c(C)[nH]c(-c2nc(Cc3nc4ccccc4s3)sc2C)c1C. The van der Waals surface area contributed by atoms with E-state index in [-0.39, 0.29) is 5.97 Å². The summed E-state index contributed by atoms with van der Waals surface area (Å²) in [5, 5.41) is 2.08. The lowest BCUT2D eigenvalue weighted by molar-refractivity contribution is 0.0599. The number of methoxy groups -OCH3 is 1. The topological polar surface area (TPSA) is 67.9 Å². The molecule has 1 aromatic carbocycles. The second-order valence-corrected chi connectivity index (χ2v) is 8.78. The summed E-state index contributed by atoms with van der Waals surface area (Å²) < 4.78 is 6.10. The number of ether oxygens (including phenoxy) is 1. The maximum atomic E-state index is 12.0. The average molecular weight is 398 g/mol. The first kappa shape index (κ1) is 17.9. The van der Waals surface area contributed by atoms with Crippen LogP contribution >= 0.6 is 22.7 Å². The van der Waals surface area contributed by atoms with Crippen molar-refractivity contribution < 1.29 is 9.53 Å². The van der Waals surface area contributed by atoms with Gasteiger partial charge in [-0.25, -0.2) is 14.8 Å². The van der Waals surface area contributed by atoms with Crippen molar-refractivity contribution >= 4 is 38.9 Å². The first-order valence-corrected chi connectivity index (χ1v) is 10.2. The molecule has 138 valence electrons. The third kappa shape index (κ3) is 3.17. The van der Waals surface area contributed by atoms with E-state index in [4.69, 9.17) is 14.7 Å². The predicted octanol–water partition coefficient (Wildman–Crippen LogP) is 5.05. The molecule has 0 radical (unpaired) electrons. The van der Waals surface area contributed by atoms with Crippen LogP contribution in [-0.2, 0) is 11.2 Å². The number of para-hydroxylation sites is 1. The highest BCUT2D eigenvalue weighted by Gasteiger charge is 2.22. The van der Waals surface area contributed by atoms with E-state index < -0.39 is 0 Å². The van der Waals surface area contributed by atoms with E-state index >= 15 is 0 Å². The lowest BCUT2D eigenvalue weighted by atomic mass is 10.1. The second kappa shape index (κ2) is 6.90. The Balaban J connectivity index is 1.68. The number of carbonyl (C=O) groups excluding carboxylic acids is 1. The molecule has 0 saturated carbocycles. The molecular weight excluding hydrogens is 378 g/mol. The molecule has 0 saturated heterocycles. The Morgan fingerprint density at radius 3 is 2.59 bits per heavy atom. The van der Waals surface area contributed by atoms with Gasteiger partial charge < -0.3 is 9.72 Å². The zero-order chi connectivity index (χ0) is 19.1. The number of benzene rings is 1. The smallest absolute Gasteiger partial charge is 0.339 e. The summed E-state index contributed by atoms with van der Waals surface area (Å²) in [6, 6.07) is 8.17. The van der Waals surface area contributed by atoms with Gasteiger partial charge in [-0.3, -0.25) is 0 Å². The fraction of sp³-hybridized carbons (Fsp3) is 0.250. The number of aromatic nitrogens is 3. The molecule has 0 aliphatic carbocycles. The number of nitrogens with zero attached hydrogens (tertiary/aromatic N) is 2. The van der Waals surface area contributed by atoms with Crippen LogP contribution < -0.4 is 0 Å². The summed E-state index contributed by atoms with van der Waals surface area (Å²) in [5.41, 5.74) is 5.08. The van der Waals surface area contributed by atoms with E-state index in [9.17, 15) is 4.79 Å². The minimum absolute atomic E-state index is 0.324. The lowest BCUT2D eigenvalue weighted by Crippen LogP contribution is -2.03. The maximum absolute atomic E-state index is 12.0. The molecule has 4 rings (SSSR count). The quantitative estimate of drug-likeness (QED) is 0.489. The summed E-state index contributed by atoms with van der Waals surface area (Å²) in [5.74, 6) is -0.324. The average Bonchev–Trinajstić information content (AvgIpc) is 3.29. The number of rotatable bonds is 4. The highest BCUT2D eigenvalue weighted by molar-refractivity contribution is 7.18. The number of nitrogens with one attached hydrogen (secondary N) is 1. The minimum atomic E-state index is -0.324. The monoisotopic (exact) mass is 397 g/mol. The van der Waals surface area contributed by atoms with Crippen LogP contribution in [0.25, 0.3) is 21.6 Å². The number of carbonyl (C=O) groups is 1. The Bertz CT molecular complexity index is 1120. The summed E-state index contributed by atoms with van der Waals surface area (Å²) in [7, 11) is 1.40. The number of aryl methyl sites for hydroxylation is 2. The van der Waals surface area contributed by atoms with Gasteiger partial charge in [0.05, 0.1) is 35.0 Å². The van der Waals surface area contributed by atoms with Crippen molar-refractivity contribution in [1.29, 1.82) is 0 Å². The molecule has 5 nitrogen and oxygen atoms in total. The molecule has 3 aromatic heterocycles. The van der Waals surface area contributed by atoms with Crippen LogP contribution in [-0.4, -0.2) is 28.0 Å². The Hall–Kier alpha value is -2.51. The number of hydrogen-bond donors (Lipinski definition) is 1. The van der Waals surface area contributed by atoms with Gasteiger partial charge in [-0.1, -0.05) is 12.1 Å². The van der Waals surface area contributed by atoms with E-state index in [1.165, 1.54) is 11.8 Å². The standard InChI is InChI=1S/C20H19N3O2S2/c1-10-17(20(24)25-4)11(2)21-18(10)19-12(3)26-16(23-19)9-15-22-13-7-5-6-8-14(13)27-15/h5-8,21H,9H2,1-4H3. The van der Waals surface area contributed by atoms with Crippen molar-refractivity contribution in [2.45, 2.75) is 27.2 Å². The number of esters is 1. The predicted molar refractivity (Wildman–Crippen MR) is 110 cm³/mol. The van der Waals surface area contributed by atoms with E-state index in [1.54, 1.807) is 22.7 Å². The highest BCUT2D eigenvalue weighted by Crippen LogP contribution is 2.33. The molecular formula is C20H19N3O2S2. The molecule has 0 amide bonds. The molecule has 4 aromatic rings. The molecule has 3 heterocycles. The Labute approximate surface area is 165 Å². The van der Waals surface area contributed by atoms with Crippen LogP contribution in [0.15, 0.2) is 24.3 Å². The summed E-state index contributed by atoms with van der Waals surface area (Å²) in [4.78, 5) is 26.0. The van der Waals surface area contributed by atoms with Gasteiger partial charge in [-0.05, 0) is 38.5 Å².